The Labute approximate surface area is 356 Å². The van der Waals surface area contributed by atoms with Crippen LogP contribution in [0.5, 0.6) is 23.0 Å². The van der Waals surface area contributed by atoms with Gasteiger partial charge in [-0.3, -0.25) is 24.0 Å². The molecule has 328 valence electrons. The second kappa shape index (κ2) is 19.9. The van der Waals surface area contributed by atoms with Crippen LogP contribution < -0.4 is 25.4 Å². The van der Waals surface area contributed by atoms with E-state index in [0.717, 1.165) is 0 Å². The van der Waals surface area contributed by atoms with Crippen molar-refractivity contribution in [2.45, 2.75) is 85.6 Å². The van der Waals surface area contributed by atoms with Crippen LogP contribution in [0.1, 0.15) is 64.4 Å². The molecule has 2 aromatic rings. The number of anilines is 1. The number of allylic oxidation sites excluding steroid dienone is 2. The van der Waals surface area contributed by atoms with E-state index in [9.17, 15) is 44.4 Å². The molecule has 0 spiro atoms. The lowest BCUT2D eigenvalue weighted by Crippen LogP contribution is -2.46. The monoisotopic (exact) mass is 903 g/mol. The first-order valence-corrected chi connectivity index (χ1v) is 20.4. The molecule has 0 saturated carbocycles. The minimum atomic E-state index is -2.07. The summed E-state index contributed by atoms with van der Waals surface area (Å²) >= 11 is 3.01. The van der Waals surface area contributed by atoms with E-state index in [2.05, 4.69) is 31.9 Å². The molecule has 9 atom stereocenters. The standard InChI is InChI=1S/C42H54BrN3O14/c1-19-11-10-12-20(2)41(55)46-26-15-28(57-17-30(49)45-18-44-29(48)16-43)31-32(37(26)53)36(52)24(6)39-33(31)40(54)42(8,60-39)58-14-13-27(56-9)21(3)38(59-25(7)47)23(5)35(51)22(4)34(19)50/h10-15,19,21-23,27,34-35,38,50-53H,16-18H2,1-9H3,(H,44,48)(H,45,49)(H,46,55)/t19-,21+,22+,23+,27-,34-,35+,38+,42-/m0/s1. The number of hydrogen-bond donors (Lipinski definition) is 7. The highest BCUT2D eigenvalue weighted by molar-refractivity contribution is 9.09. The highest BCUT2D eigenvalue weighted by Crippen LogP contribution is 2.54. The van der Waals surface area contributed by atoms with Crippen molar-refractivity contribution in [3.05, 3.63) is 53.3 Å². The van der Waals surface area contributed by atoms with Crippen LogP contribution in [0, 0.1) is 30.6 Å². The molecular weight excluding hydrogens is 850 g/mol. The van der Waals surface area contributed by atoms with Gasteiger partial charge in [-0.2, -0.15) is 0 Å². The Hall–Kier alpha value is -5.17. The summed E-state index contributed by atoms with van der Waals surface area (Å²) in [5, 5.41) is 53.1. The number of benzene rings is 2. The Kier molecular flexibility index (Phi) is 15.8. The third kappa shape index (κ3) is 10.2. The van der Waals surface area contributed by atoms with Crippen LogP contribution in [0.3, 0.4) is 0 Å². The molecule has 18 heteroatoms. The number of ether oxygens (including phenoxy) is 5. The number of esters is 1. The smallest absolute Gasteiger partial charge is 0.312 e. The van der Waals surface area contributed by atoms with Gasteiger partial charge in [0, 0.05) is 67.2 Å². The summed E-state index contributed by atoms with van der Waals surface area (Å²) in [4.78, 5) is 64.7. The lowest BCUT2D eigenvalue weighted by molar-refractivity contribution is -0.160. The first-order valence-electron chi connectivity index (χ1n) is 19.3. The molecule has 2 aromatic carbocycles. The van der Waals surface area contributed by atoms with Crippen LogP contribution in [0.15, 0.2) is 42.2 Å². The van der Waals surface area contributed by atoms with Crippen LogP contribution in [0.25, 0.3) is 10.8 Å². The van der Waals surface area contributed by atoms with Gasteiger partial charge in [0.15, 0.2) is 12.4 Å². The molecule has 5 bridgehead atoms. The van der Waals surface area contributed by atoms with E-state index >= 15 is 0 Å². The molecule has 7 N–H and O–H groups in total. The van der Waals surface area contributed by atoms with Crippen LogP contribution in [-0.4, -0.2) is 106 Å². The van der Waals surface area contributed by atoms with Crippen LogP contribution >= 0.6 is 15.9 Å². The van der Waals surface area contributed by atoms with Crippen LogP contribution in [0.2, 0.25) is 0 Å². The molecule has 0 saturated heterocycles. The second-order valence-electron chi connectivity index (χ2n) is 15.2. The molecule has 5 rings (SSSR count). The maximum atomic E-state index is 14.4. The second-order valence-corrected chi connectivity index (χ2v) is 15.8. The third-order valence-corrected chi connectivity index (χ3v) is 11.4. The molecule has 3 amide bonds. The van der Waals surface area contributed by atoms with Gasteiger partial charge in [0.05, 0.1) is 53.2 Å². The number of halogens is 1. The number of carbonyl (C=O) groups excluding carboxylic acids is 5. The number of Topliss-reactive ketones (excluding diaryl/α,β-unsaturated/α-hetero) is 1. The Morgan fingerprint density at radius 3 is 2.25 bits per heavy atom. The van der Waals surface area contributed by atoms with E-state index in [1.165, 1.54) is 59.3 Å². The van der Waals surface area contributed by atoms with Gasteiger partial charge in [0.25, 0.3) is 17.6 Å². The highest BCUT2D eigenvalue weighted by Gasteiger charge is 2.49. The van der Waals surface area contributed by atoms with E-state index in [1.54, 1.807) is 39.8 Å². The van der Waals surface area contributed by atoms with Crippen molar-refractivity contribution in [3.8, 4) is 23.0 Å². The number of amides is 3. The number of aliphatic hydroxyl groups excluding tert-OH is 2. The normalized spacial score (nSPS) is 27.4. The number of ketones is 1. The lowest BCUT2D eigenvalue weighted by Gasteiger charge is -2.38. The number of alkyl halides is 1. The van der Waals surface area contributed by atoms with Crippen molar-refractivity contribution in [2.24, 2.45) is 23.7 Å². The number of phenolic OH excluding ortho intramolecular Hbond substituents is 2. The number of methoxy groups -OCH3 is 1. The number of fused-ring (bicyclic) bond motifs is 14. The summed E-state index contributed by atoms with van der Waals surface area (Å²) in [5.74, 6) is -9.23. The van der Waals surface area contributed by atoms with Crippen molar-refractivity contribution in [1.82, 2.24) is 10.6 Å². The predicted octanol–water partition coefficient (Wildman–Crippen LogP) is 4.01. The molecule has 3 aliphatic rings. The zero-order chi connectivity index (χ0) is 44.8. The van der Waals surface area contributed by atoms with Gasteiger partial charge in [-0.25, -0.2) is 0 Å². The molecule has 0 aliphatic carbocycles. The summed E-state index contributed by atoms with van der Waals surface area (Å²) in [5.41, 5.74) is -0.223. The Morgan fingerprint density at radius 2 is 1.62 bits per heavy atom. The van der Waals surface area contributed by atoms with E-state index < -0.39 is 95.5 Å². The Bertz CT molecular complexity index is 2090. The molecule has 0 unspecified atom stereocenters. The van der Waals surface area contributed by atoms with Crippen LogP contribution in [0.4, 0.5) is 5.69 Å². The van der Waals surface area contributed by atoms with Gasteiger partial charge in [-0.05, 0) is 19.9 Å². The number of rotatable bonds is 8. The van der Waals surface area contributed by atoms with Gasteiger partial charge in [-0.15, -0.1) is 0 Å². The molecule has 3 aliphatic heterocycles. The molecular formula is C42H54BrN3O14. The van der Waals surface area contributed by atoms with Crippen LogP contribution in [-0.2, 0) is 33.4 Å². The third-order valence-electron chi connectivity index (χ3n) is 10.9. The van der Waals surface area contributed by atoms with E-state index in [4.69, 9.17) is 23.7 Å². The molecule has 17 nitrogen and oxygen atoms in total. The lowest BCUT2D eigenvalue weighted by atomic mass is 9.78. The molecule has 0 fully saturated rings. The average Bonchev–Trinajstić information content (AvgIpc) is 3.47. The van der Waals surface area contributed by atoms with Crippen molar-refractivity contribution >= 4 is 61.9 Å². The van der Waals surface area contributed by atoms with Crippen molar-refractivity contribution in [3.63, 3.8) is 0 Å². The zero-order valence-electron chi connectivity index (χ0n) is 35.0. The highest BCUT2D eigenvalue weighted by atomic mass is 79.9. The van der Waals surface area contributed by atoms with Gasteiger partial charge >= 0.3 is 11.8 Å². The molecule has 60 heavy (non-hydrogen) atoms. The fourth-order valence-corrected chi connectivity index (χ4v) is 7.43. The SMILES string of the molecule is CO[C@H]1C=CO[C@@]2(C)Oc3c(C)c(O)c4c(O)c(cc(OCC(=O)NCNC(=O)CBr)c4c3C2=O)NC(=O)C(C)=CC=C[C@H](C)[C@H](O)[C@@H](C)[C@@H](O)[C@@H](C)[C@H](OC(C)=O)[C@@H]1C. The van der Waals surface area contributed by atoms with Crippen molar-refractivity contribution in [1.29, 1.82) is 0 Å². The van der Waals surface area contributed by atoms with Gasteiger partial charge in [-0.1, -0.05) is 61.9 Å². The number of phenols is 2. The zero-order valence-corrected chi connectivity index (χ0v) is 36.5. The number of nitrogens with one attached hydrogen (secondary N) is 3. The summed E-state index contributed by atoms with van der Waals surface area (Å²) in [7, 11) is 1.42. The maximum absolute atomic E-state index is 14.4. The minimum absolute atomic E-state index is 0.00923. The first-order chi connectivity index (χ1) is 28.2. The average molecular weight is 905 g/mol. The number of hydrogen-bond acceptors (Lipinski definition) is 14. The Balaban J connectivity index is 1.90. The summed E-state index contributed by atoms with van der Waals surface area (Å²) < 4.78 is 29.4. The first kappa shape index (κ1) is 47.5. The Morgan fingerprint density at radius 1 is 0.950 bits per heavy atom. The van der Waals surface area contributed by atoms with Gasteiger partial charge in [0.2, 0.25) is 5.91 Å². The van der Waals surface area contributed by atoms with Gasteiger partial charge < -0.3 is 60.1 Å². The topological polar surface area (TPSA) is 249 Å². The largest absolute Gasteiger partial charge is 0.507 e. The number of aliphatic hydroxyl groups is 2. The summed E-state index contributed by atoms with van der Waals surface area (Å²) in [6, 6.07) is 1.19. The number of aromatic hydroxyl groups is 2. The summed E-state index contributed by atoms with van der Waals surface area (Å²) in [6.45, 7) is 11.5. The van der Waals surface area contributed by atoms with Crippen molar-refractivity contribution < 1.29 is 68.1 Å². The van der Waals surface area contributed by atoms with Crippen molar-refractivity contribution in [2.75, 3.05) is 31.0 Å². The molecule has 3 heterocycles. The molecule has 0 aromatic heterocycles. The summed E-state index contributed by atoms with van der Waals surface area (Å²) in [6.07, 6.45) is 3.36. The predicted molar refractivity (Wildman–Crippen MR) is 223 cm³/mol. The minimum Gasteiger partial charge on any atom is -0.507 e. The maximum Gasteiger partial charge on any atom is 0.312 e. The number of carbonyl (C=O) groups is 5. The van der Waals surface area contributed by atoms with E-state index in [-0.39, 0.29) is 62.6 Å². The fourth-order valence-electron chi connectivity index (χ4n) is 7.23. The van der Waals surface area contributed by atoms with E-state index in [0.29, 0.717) is 0 Å². The van der Waals surface area contributed by atoms with E-state index in [1.807, 2.05) is 0 Å². The molecule has 0 radical (unpaired) electrons. The van der Waals surface area contributed by atoms with Gasteiger partial charge in [0.1, 0.15) is 23.4 Å². The fraction of sp³-hybridized carbons (Fsp3) is 0.500. The quantitative estimate of drug-likeness (QED) is 0.0857.